The number of piperidine rings is 1. The maximum Gasteiger partial charge on any atom is 0.193 e. The molecule has 0 atom stereocenters. The van der Waals surface area contributed by atoms with E-state index in [1.54, 1.807) is 0 Å². The molecule has 0 unspecified atom stereocenters. The molecule has 98 valence electrons. The third kappa shape index (κ3) is 4.19. The highest BCUT2D eigenvalue weighted by Crippen LogP contribution is 2.32. The number of rotatable bonds is 4. The molecule has 0 aromatic carbocycles. The lowest BCUT2D eigenvalue weighted by atomic mass is 10.1. The highest BCUT2D eigenvalue weighted by atomic mass is 16.3. The molecule has 4 nitrogen and oxygen atoms in total. The van der Waals surface area contributed by atoms with Crippen LogP contribution in [0.2, 0.25) is 0 Å². The molecule has 2 N–H and O–H groups in total. The molecule has 0 radical (unpaired) electrons. The Balaban J connectivity index is 1.81. The zero-order valence-corrected chi connectivity index (χ0v) is 10.9. The van der Waals surface area contributed by atoms with Crippen molar-refractivity contribution in [2.75, 3.05) is 26.2 Å². The standard InChI is InChI=1S/C13H25N3O/c1-2-14-13(15-8-5-11-3-4-11)16-9-6-12(17)7-10-16/h11-12,17H,2-10H2,1H3,(H,14,15). The van der Waals surface area contributed by atoms with E-state index in [9.17, 15) is 5.11 Å². The van der Waals surface area contributed by atoms with E-state index in [0.717, 1.165) is 50.9 Å². The molecule has 0 aromatic heterocycles. The average molecular weight is 239 g/mol. The number of hydrogen-bond donors (Lipinski definition) is 2. The summed E-state index contributed by atoms with van der Waals surface area (Å²) in [6.45, 7) is 5.83. The summed E-state index contributed by atoms with van der Waals surface area (Å²) in [5.74, 6) is 1.99. The molecule has 1 aliphatic heterocycles. The number of aliphatic imine (C=N–C) groups is 1. The molecule has 17 heavy (non-hydrogen) atoms. The van der Waals surface area contributed by atoms with E-state index in [4.69, 9.17) is 4.99 Å². The number of aliphatic hydroxyl groups excluding tert-OH is 1. The lowest BCUT2D eigenvalue weighted by Crippen LogP contribution is -2.46. The predicted molar refractivity (Wildman–Crippen MR) is 70.1 cm³/mol. The predicted octanol–water partition coefficient (Wildman–Crippen LogP) is 1.21. The topological polar surface area (TPSA) is 47.9 Å². The molecule has 4 heteroatoms. The first-order valence-electron chi connectivity index (χ1n) is 7.01. The normalized spacial score (nSPS) is 22.9. The van der Waals surface area contributed by atoms with E-state index in [0.29, 0.717) is 0 Å². The molecule has 0 aromatic rings. The third-order valence-corrected chi connectivity index (χ3v) is 3.59. The van der Waals surface area contributed by atoms with E-state index in [-0.39, 0.29) is 6.10 Å². The van der Waals surface area contributed by atoms with Crippen LogP contribution < -0.4 is 5.32 Å². The quantitative estimate of drug-likeness (QED) is 0.572. The zero-order valence-electron chi connectivity index (χ0n) is 10.9. The van der Waals surface area contributed by atoms with Gasteiger partial charge < -0.3 is 15.3 Å². The highest BCUT2D eigenvalue weighted by molar-refractivity contribution is 5.80. The van der Waals surface area contributed by atoms with Crippen molar-refractivity contribution in [1.82, 2.24) is 10.2 Å². The third-order valence-electron chi connectivity index (χ3n) is 3.59. The number of nitrogens with zero attached hydrogens (tertiary/aromatic N) is 2. The van der Waals surface area contributed by atoms with E-state index < -0.39 is 0 Å². The van der Waals surface area contributed by atoms with Crippen LogP contribution in [0.25, 0.3) is 0 Å². The second-order valence-electron chi connectivity index (χ2n) is 5.19. The number of guanidine groups is 1. The molecule has 1 aliphatic carbocycles. The fourth-order valence-corrected chi connectivity index (χ4v) is 2.26. The van der Waals surface area contributed by atoms with Crippen molar-refractivity contribution < 1.29 is 5.11 Å². The van der Waals surface area contributed by atoms with Crippen LogP contribution in [0.3, 0.4) is 0 Å². The van der Waals surface area contributed by atoms with Crippen molar-refractivity contribution in [2.24, 2.45) is 10.9 Å². The first-order chi connectivity index (χ1) is 8.29. The minimum atomic E-state index is -0.111. The Morgan fingerprint density at radius 3 is 2.59 bits per heavy atom. The van der Waals surface area contributed by atoms with Crippen molar-refractivity contribution in [2.45, 2.75) is 45.1 Å². The van der Waals surface area contributed by atoms with E-state index in [1.807, 2.05) is 0 Å². The van der Waals surface area contributed by atoms with Gasteiger partial charge in [-0.15, -0.1) is 0 Å². The fourth-order valence-electron chi connectivity index (χ4n) is 2.26. The van der Waals surface area contributed by atoms with Gasteiger partial charge in [0.1, 0.15) is 0 Å². The van der Waals surface area contributed by atoms with Gasteiger partial charge in [0.15, 0.2) is 5.96 Å². The summed E-state index contributed by atoms with van der Waals surface area (Å²) < 4.78 is 0. The molecule has 0 amide bonds. The second kappa shape index (κ2) is 6.24. The van der Waals surface area contributed by atoms with Crippen LogP contribution >= 0.6 is 0 Å². The maximum atomic E-state index is 9.51. The summed E-state index contributed by atoms with van der Waals surface area (Å²) >= 11 is 0. The minimum Gasteiger partial charge on any atom is -0.393 e. The maximum absolute atomic E-state index is 9.51. The summed E-state index contributed by atoms with van der Waals surface area (Å²) in [5.41, 5.74) is 0. The number of likely N-dealkylation sites (tertiary alicyclic amines) is 1. The van der Waals surface area contributed by atoms with Crippen LogP contribution in [0.4, 0.5) is 0 Å². The summed E-state index contributed by atoms with van der Waals surface area (Å²) in [6, 6.07) is 0. The average Bonchev–Trinajstić information content (AvgIpc) is 3.13. The van der Waals surface area contributed by atoms with E-state index >= 15 is 0 Å². The molecule has 2 rings (SSSR count). The molecule has 1 saturated carbocycles. The van der Waals surface area contributed by atoms with Crippen molar-refractivity contribution >= 4 is 5.96 Å². The monoisotopic (exact) mass is 239 g/mol. The van der Waals surface area contributed by atoms with Crippen LogP contribution in [-0.2, 0) is 0 Å². The van der Waals surface area contributed by atoms with Gasteiger partial charge in [0.2, 0.25) is 0 Å². The largest absolute Gasteiger partial charge is 0.393 e. The molecule has 1 saturated heterocycles. The van der Waals surface area contributed by atoms with Gasteiger partial charge in [-0.25, -0.2) is 0 Å². The number of aliphatic hydroxyl groups is 1. The Hall–Kier alpha value is -0.770. The smallest absolute Gasteiger partial charge is 0.193 e. The summed E-state index contributed by atoms with van der Waals surface area (Å²) in [6.07, 6.45) is 5.68. The van der Waals surface area contributed by atoms with Crippen molar-refractivity contribution in [3.8, 4) is 0 Å². The van der Waals surface area contributed by atoms with Gasteiger partial charge in [0.05, 0.1) is 6.10 Å². The molecular weight excluding hydrogens is 214 g/mol. The SMILES string of the molecule is CCNC(=NCCC1CC1)N1CCC(O)CC1. The summed E-state index contributed by atoms with van der Waals surface area (Å²) in [4.78, 5) is 6.97. The van der Waals surface area contributed by atoms with Gasteiger partial charge in [0, 0.05) is 26.2 Å². The van der Waals surface area contributed by atoms with Gasteiger partial charge in [0.25, 0.3) is 0 Å². The van der Waals surface area contributed by atoms with Gasteiger partial charge >= 0.3 is 0 Å². The minimum absolute atomic E-state index is 0.111. The molecular formula is C13H25N3O. The van der Waals surface area contributed by atoms with Gasteiger partial charge in [-0.2, -0.15) is 0 Å². The zero-order chi connectivity index (χ0) is 12.1. The van der Waals surface area contributed by atoms with Crippen molar-refractivity contribution in [3.05, 3.63) is 0 Å². The first kappa shape index (κ1) is 12.7. The summed E-state index contributed by atoms with van der Waals surface area (Å²) in [5, 5.41) is 12.9. The Labute approximate surface area is 104 Å². The van der Waals surface area contributed by atoms with Crippen molar-refractivity contribution in [1.29, 1.82) is 0 Å². The first-order valence-corrected chi connectivity index (χ1v) is 7.01. The van der Waals surface area contributed by atoms with Crippen LogP contribution in [-0.4, -0.2) is 48.2 Å². The number of nitrogens with one attached hydrogen (secondary N) is 1. The van der Waals surface area contributed by atoms with Gasteiger partial charge in [-0.3, -0.25) is 4.99 Å². The highest BCUT2D eigenvalue weighted by Gasteiger charge is 2.22. The molecule has 2 fully saturated rings. The number of hydrogen-bond acceptors (Lipinski definition) is 2. The molecule has 2 aliphatic rings. The van der Waals surface area contributed by atoms with Gasteiger partial charge in [-0.1, -0.05) is 12.8 Å². The second-order valence-corrected chi connectivity index (χ2v) is 5.19. The fraction of sp³-hybridized carbons (Fsp3) is 0.923. The van der Waals surface area contributed by atoms with Crippen LogP contribution in [0, 0.1) is 5.92 Å². The van der Waals surface area contributed by atoms with Crippen LogP contribution in [0.15, 0.2) is 4.99 Å². The van der Waals surface area contributed by atoms with Gasteiger partial charge in [-0.05, 0) is 32.1 Å². The van der Waals surface area contributed by atoms with Crippen molar-refractivity contribution in [3.63, 3.8) is 0 Å². The molecule has 1 heterocycles. The van der Waals surface area contributed by atoms with E-state index in [2.05, 4.69) is 17.1 Å². The molecule has 0 bridgehead atoms. The Kier molecular flexibility index (Phi) is 4.66. The Morgan fingerprint density at radius 1 is 1.29 bits per heavy atom. The molecule has 0 spiro atoms. The van der Waals surface area contributed by atoms with Crippen LogP contribution in [0.1, 0.15) is 39.0 Å². The Bertz CT molecular complexity index is 255. The lowest BCUT2D eigenvalue weighted by molar-refractivity contribution is 0.108. The Morgan fingerprint density at radius 2 is 2.00 bits per heavy atom. The summed E-state index contributed by atoms with van der Waals surface area (Å²) in [7, 11) is 0. The van der Waals surface area contributed by atoms with Crippen LogP contribution in [0.5, 0.6) is 0 Å². The lowest BCUT2D eigenvalue weighted by Gasteiger charge is -2.32. The van der Waals surface area contributed by atoms with E-state index in [1.165, 1.54) is 19.3 Å².